The van der Waals surface area contributed by atoms with Gasteiger partial charge in [0, 0.05) is 59.8 Å². The van der Waals surface area contributed by atoms with E-state index in [1.54, 1.807) is 21.2 Å². The van der Waals surface area contributed by atoms with Crippen LogP contribution in [-0.4, -0.2) is 113 Å². The molecule has 0 atom stereocenters. The summed E-state index contributed by atoms with van der Waals surface area (Å²) in [5, 5.41) is 3.26. The van der Waals surface area contributed by atoms with Gasteiger partial charge in [-0.25, -0.2) is 4.99 Å². The Bertz CT molecular complexity index is 512. The van der Waals surface area contributed by atoms with Crippen LogP contribution < -0.4 is 5.32 Å². The third kappa shape index (κ3) is 6.66. The summed E-state index contributed by atoms with van der Waals surface area (Å²) < 4.78 is 10.4. The van der Waals surface area contributed by atoms with Crippen molar-refractivity contribution in [2.45, 2.75) is 12.8 Å². The van der Waals surface area contributed by atoms with Gasteiger partial charge in [0.1, 0.15) is 6.54 Å². The first kappa shape index (κ1) is 21.4. The Balaban J connectivity index is 1.90. The average molecular weight is 383 g/mol. The third-order valence-electron chi connectivity index (χ3n) is 4.92. The molecule has 0 spiro atoms. The van der Waals surface area contributed by atoms with Crippen LogP contribution in [0, 0.1) is 5.92 Å². The van der Waals surface area contributed by atoms with Crippen LogP contribution in [0.15, 0.2) is 4.99 Å². The number of nitrogens with one attached hydrogen (secondary N) is 1. The third-order valence-corrected chi connectivity index (χ3v) is 4.92. The van der Waals surface area contributed by atoms with E-state index in [1.165, 1.54) is 4.90 Å². The Morgan fingerprint density at radius 1 is 1.15 bits per heavy atom. The molecule has 0 unspecified atom stereocenters. The second kappa shape index (κ2) is 11.1. The van der Waals surface area contributed by atoms with Crippen LogP contribution in [0.1, 0.15) is 12.8 Å². The van der Waals surface area contributed by atoms with Gasteiger partial charge in [-0.1, -0.05) is 0 Å². The number of carbonyl (C=O) groups is 2. The first-order chi connectivity index (χ1) is 13.0. The van der Waals surface area contributed by atoms with Gasteiger partial charge in [0.15, 0.2) is 5.96 Å². The molecule has 0 saturated carbocycles. The van der Waals surface area contributed by atoms with E-state index in [-0.39, 0.29) is 24.3 Å². The SMILES string of the molecule is COCCNC(=NCC(=O)N(C)C)N1CCC(C(=O)N2CCOCC2)CC1. The van der Waals surface area contributed by atoms with Crippen molar-refractivity contribution < 1.29 is 19.1 Å². The van der Waals surface area contributed by atoms with Crippen LogP contribution in [0.25, 0.3) is 0 Å². The van der Waals surface area contributed by atoms with E-state index in [4.69, 9.17) is 9.47 Å². The van der Waals surface area contributed by atoms with Crippen molar-refractivity contribution in [3.8, 4) is 0 Å². The lowest BCUT2D eigenvalue weighted by molar-refractivity contribution is -0.140. The number of guanidine groups is 1. The molecule has 2 rings (SSSR count). The van der Waals surface area contributed by atoms with Gasteiger partial charge in [-0.3, -0.25) is 9.59 Å². The Hall–Kier alpha value is -1.87. The second-order valence-corrected chi connectivity index (χ2v) is 7.05. The van der Waals surface area contributed by atoms with Gasteiger partial charge in [-0.2, -0.15) is 0 Å². The van der Waals surface area contributed by atoms with E-state index in [9.17, 15) is 9.59 Å². The Morgan fingerprint density at radius 2 is 1.81 bits per heavy atom. The molecule has 0 aromatic heterocycles. The summed E-state index contributed by atoms with van der Waals surface area (Å²) in [4.78, 5) is 34.6. The summed E-state index contributed by atoms with van der Waals surface area (Å²) in [5.41, 5.74) is 0. The molecule has 2 fully saturated rings. The minimum Gasteiger partial charge on any atom is -0.383 e. The fourth-order valence-electron chi connectivity index (χ4n) is 3.20. The molecule has 0 aromatic rings. The lowest BCUT2D eigenvalue weighted by Crippen LogP contribution is -2.50. The highest BCUT2D eigenvalue weighted by Crippen LogP contribution is 2.20. The molecule has 9 nitrogen and oxygen atoms in total. The van der Waals surface area contributed by atoms with E-state index >= 15 is 0 Å². The van der Waals surface area contributed by atoms with Crippen LogP contribution >= 0.6 is 0 Å². The quantitative estimate of drug-likeness (QED) is 0.369. The summed E-state index contributed by atoms with van der Waals surface area (Å²) >= 11 is 0. The number of aliphatic imine (C=N–C) groups is 1. The van der Waals surface area contributed by atoms with Crippen molar-refractivity contribution >= 4 is 17.8 Å². The molecule has 2 amide bonds. The van der Waals surface area contributed by atoms with Gasteiger partial charge in [0.05, 0.1) is 19.8 Å². The van der Waals surface area contributed by atoms with E-state index in [1.807, 2.05) is 4.90 Å². The van der Waals surface area contributed by atoms with Crippen LogP contribution in [-0.2, 0) is 19.1 Å². The predicted molar refractivity (Wildman–Crippen MR) is 103 cm³/mol. The molecule has 0 aromatic carbocycles. The van der Waals surface area contributed by atoms with E-state index < -0.39 is 0 Å². The number of nitrogens with zero attached hydrogens (tertiary/aromatic N) is 4. The lowest BCUT2D eigenvalue weighted by Gasteiger charge is -2.36. The zero-order valence-electron chi connectivity index (χ0n) is 16.8. The highest BCUT2D eigenvalue weighted by molar-refractivity contribution is 5.85. The summed E-state index contributed by atoms with van der Waals surface area (Å²) in [6, 6.07) is 0. The van der Waals surface area contributed by atoms with Gasteiger partial charge >= 0.3 is 0 Å². The van der Waals surface area contributed by atoms with Crippen molar-refractivity contribution in [3.05, 3.63) is 0 Å². The molecular weight excluding hydrogens is 350 g/mol. The molecule has 0 aliphatic carbocycles. The van der Waals surface area contributed by atoms with E-state index in [2.05, 4.69) is 15.2 Å². The Kier molecular flexibility index (Phi) is 8.80. The second-order valence-electron chi connectivity index (χ2n) is 7.05. The van der Waals surface area contributed by atoms with Gasteiger partial charge in [-0.15, -0.1) is 0 Å². The zero-order chi connectivity index (χ0) is 19.6. The fourth-order valence-corrected chi connectivity index (χ4v) is 3.20. The number of hydrogen-bond acceptors (Lipinski definition) is 5. The first-order valence-electron chi connectivity index (χ1n) is 9.61. The highest BCUT2D eigenvalue weighted by Gasteiger charge is 2.30. The topological polar surface area (TPSA) is 86.7 Å². The van der Waals surface area contributed by atoms with Crippen LogP contribution in [0.3, 0.4) is 0 Å². The molecule has 0 radical (unpaired) electrons. The molecule has 154 valence electrons. The summed E-state index contributed by atoms with van der Waals surface area (Å²) in [7, 11) is 5.09. The van der Waals surface area contributed by atoms with Gasteiger partial charge in [0.25, 0.3) is 0 Å². The van der Waals surface area contributed by atoms with Crippen LogP contribution in [0.5, 0.6) is 0 Å². The maximum atomic E-state index is 12.7. The molecule has 1 N–H and O–H groups in total. The number of piperidine rings is 1. The Morgan fingerprint density at radius 3 is 2.41 bits per heavy atom. The first-order valence-corrected chi connectivity index (χ1v) is 9.61. The number of rotatable bonds is 6. The van der Waals surface area contributed by atoms with Crippen molar-refractivity contribution in [2.24, 2.45) is 10.9 Å². The minimum absolute atomic E-state index is 0.0431. The Labute approximate surface area is 161 Å². The van der Waals surface area contributed by atoms with Crippen molar-refractivity contribution in [2.75, 3.05) is 80.3 Å². The normalized spacial score (nSPS) is 19.1. The van der Waals surface area contributed by atoms with Gasteiger partial charge in [-0.05, 0) is 12.8 Å². The number of carbonyl (C=O) groups excluding carboxylic acids is 2. The molecule has 0 bridgehead atoms. The molecule has 2 heterocycles. The number of morpholine rings is 1. The number of methoxy groups -OCH3 is 1. The summed E-state index contributed by atoms with van der Waals surface area (Å²) in [6.45, 7) is 5.43. The van der Waals surface area contributed by atoms with Crippen molar-refractivity contribution in [1.82, 2.24) is 20.0 Å². The van der Waals surface area contributed by atoms with Gasteiger partial charge < -0.3 is 29.5 Å². The van der Waals surface area contributed by atoms with Crippen molar-refractivity contribution in [1.29, 1.82) is 0 Å². The molecule has 9 heteroatoms. The predicted octanol–water partition coefficient (Wildman–Crippen LogP) is -0.763. The van der Waals surface area contributed by atoms with Crippen molar-refractivity contribution in [3.63, 3.8) is 0 Å². The van der Waals surface area contributed by atoms with Gasteiger partial charge in [0.2, 0.25) is 11.8 Å². The molecule has 2 aliphatic rings. The molecule has 27 heavy (non-hydrogen) atoms. The average Bonchev–Trinajstić information content (AvgIpc) is 2.70. The standard InChI is InChI=1S/C18H33N5O4/c1-21(2)16(24)14-20-18(19-6-11-26-3)23-7-4-15(5-8-23)17(25)22-9-12-27-13-10-22/h15H,4-14H2,1-3H3,(H,19,20). The number of amides is 2. The smallest absolute Gasteiger partial charge is 0.243 e. The fraction of sp³-hybridized carbons (Fsp3) is 0.833. The molecule has 2 saturated heterocycles. The molecular formula is C18H33N5O4. The minimum atomic E-state index is -0.0431. The monoisotopic (exact) mass is 383 g/mol. The number of ether oxygens (including phenoxy) is 2. The number of hydrogen-bond donors (Lipinski definition) is 1. The van der Waals surface area contributed by atoms with E-state index in [0.717, 1.165) is 25.9 Å². The van der Waals surface area contributed by atoms with Crippen LogP contribution in [0.4, 0.5) is 0 Å². The lowest BCUT2D eigenvalue weighted by atomic mass is 9.95. The van der Waals surface area contributed by atoms with E-state index in [0.29, 0.717) is 45.4 Å². The number of likely N-dealkylation sites (tertiary alicyclic amines) is 1. The van der Waals surface area contributed by atoms with Crippen LogP contribution in [0.2, 0.25) is 0 Å². The summed E-state index contributed by atoms with van der Waals surface area (Å²) in [5.74, 6) is 0.965. The number of likely N-dealkylation sites (N-methyl/N-ethyl adjacent to an activating group) is 1. The summed E-state index contributed by atoms with van der Waals surface area (Å²) in [6.07, 6.45) is 1.59. The highest BCUT2D eigenvalue weighted by atomic mass is 16.5. The molecule has 2 aliphatic heterocycles. The zero-order valence-corrected chi connectivity index (χ0v) is 16.8. The maximum Gasteiger partial charge on any atom is 0.243 e. The largest absolute Gasteiger partial charge is 0.383 e. The maximum absolute atomic E-state index is 12.7.